The molecule has 0 aliphatic carbocycles. The quantitative estimate of drug-likeness (QED) is 0.846. The Hall–Kier alpha value is -1.56. The van der Waals surface area contributed by atoms with Crippen LogP contribution in [0, 0.1) is 0 Å². The number of hydrogen-bond acceptors (Lipinski definition) is 2. The normalized spacial score (nSPS) is 19.3. The average Bonchev–Trinajstić information content (AvgIpc) is 2.80. The lowest BCUT2D eigenvalue weighted by atomic mass is 10.1. The van der Waals surface area contributed by atoms with Crippen molar-refractivity contribution in [1.82, 2.24) is 10.2 Å². The van der Waals surface area contributed by atoms with Crippen LogP contribution in [0.25, 0.3) is 0 Å². The zero-order valence-electron chi connectivity index (χ0n) is 11.9. The first-order valence-electron chi connectivity index (χ1n) is 7.13. The van der Waals surface area contributed by atoms with Crippen molar-refractivity contribution in [2.45, 2.75) is 38.5 Å². The summed E-state index contributed by atoms with van der Waals surface area (Å²) in [7, 11) is 0. The molecule has 3 nitrogen and oxygen atoms in total. The van der Waals surface area contributed by atoms with E-state index in [-0.39, 0.29) is 12.5 Å². The van der Waals surface area contributed by atoms with Crippen molar-refractivity contribution in [3.05, 3.63) is 35.4 Å². The fraction of sp³-hybridized carbons (Fsp3) is 0.533. The predicted octanol–water partition coefficient (Wildman–Crippen LogP) is 3.33. The summed E-state index contributed by atoms with van der Waals surface area (Å²) in [6.45, 7) is 2.81. The molecule has 21 heavy (non-hydrogen) atoms. The van der Waals surface area contributed by atoms with Crippen molar-refractivity contribution in [3.63, 3.8) is 0 Å². The molecule has 1 heterocycles. The number of amides is 1. The molecule has 0 radical (unpaired) electrons. The summed E-state index contributed by atoms with van der Waals surface area (Å²) in [5, 5.41) is 2.99. The van der Waals surface area contributed by atoms with Crippen LogP contribution in [-0.4, -0.2) is 23.9 Å². The summed E-state index contributed by atoms with van der Waals surface area (Å²) in [5.41, 5.74) is -0.207. The number of halogens is 3. The first-order chi connectivity index (χ1) is 9.93. The second-order valence-electron chi connectivity index (χ2n) is 5.20. The summed E-state index contributed by atoms with van der Waals surface area (Å²) in [6.07, 6.45) is -1.94. The number of carbonyl (C=O) groups excluding carboxylic acids is 1. The molecule has 1 aliphatic rings. The molecule has 1 atom stereocenters. The second-order valence-corrected chi connectivity index (χ2v) is 5.20. The van der Waals surface area contributed by atoms with Crippen LogP contribution >= 0.6 is 0 Å². The number of carbonyl (C=O) groups is 1. The number of nitrogens with zero attached hydrogens (tertiary/aromatic N) is 1. The molecule has 0 bridgehead atoms. The zero-order chi connectivity index (χ0) is 15.5. The molecule has 116 valence electrons. The number of hydrogen-bond donors (Lipinski definition) is 1. The topological polar surface area (TPSA) is 32.3 Å². The van der Waals surface area contributed by atoms with E-state index in [1.54, 1.807) is 11.0 Å². The summed E-state index contributed by atoms with van der Waals surface area (Å²) in [4.78, 5) is 13.5. The van der Waals surface area contributed by atoms with Gasteiger partial charge in [-0.25, -0.2) is 0 Å². The molecular formula is C15H19F3N2O. The third kappa shape index (κ3) is 3.75. The molecule has 2 rings (SSSR count). The molecule has 0 saturated carbocycles. The van der Waals surface area contributed by atoms with E-state index < -0.39 is 17.9 Å². The number of alkyl halides is 3. The lowest BCUT2D eigenvalue weighted by Gasteiger charge is -2.25. The summed E-state index contributed by atoms with van der Waals surface area (Å²) >= 11 is 0. The summed E-state index contributed by atoms with van der Waals surface area (Å²) in [6, 6.07) is 5.16. The molecule has 1 aromatic rings. The molecular weight excluding hydrogens is 281 g/mol. The van der Waals surface area contributed by atoms with Gasteiger partial charge in [0.2, 0.25) is 5.91 Å². The molecule has 1 amide bonds. The minimum atomic E-state index is -4.37. The Kier molecular flexibility index (Phi) is 4.88. The van der Waals surface area contributed by atoms with Crippen LogP contribution in [0.3, 0.4) is 0 Å². The monoisotopic (exact) mass is 300 g/mol. The third-order valence-corrected chi connectivity index (χ3v) is 3.61. The van der Waals surface area contributed by atoms with Gasteiger partial charge >= 0.3 is 6.18 Å². The molecule has 1 N–H and O–H groups in total. The van der Waals surface area contributed by atoms with E-state index in [0.717, 1.165) is 31.4 Å². The molecule has 0 spiro atoms. The Morgan fingerprint density at radius 2 is 2.10 bits per heavy atom. The van der Waals surface area contributed by atoms with Gasteiger partial charge in [-0.15, -0.1) is 0 Å². The number of rotatable bonds is 5. The SMILES string of the molecule is CCCCCN1C(=O)CNC1c1cccc(C(F)(F)F)c1. The van der Waals surface area contributed by atoms with Crippen LogP contribution in [0.1, 0.15) is 43.5 Å². The zero-order valence-corrected chi connectivity index (χ0v) is 11.9. The van der Waals surface area contributed by atoms with Crippen LogP contribution in [0.5, 0.6) is 0 Å². The van der Waals surface area contributed by atoms with Gasteiger partial charge in [0.1, 0.15) is 6.17 Å². The number of nitrogens with one attached hydrogen (secondary N) is 1. The molecule has 1 unspecified atom stereocenters. The molecule has 1 aliphatic heterocycles. The lowest BCUT2D eigenvalue weighted by molar-refractivity contribution is -0.137. The van der Waals surface area contributed by atoms with E-state index in [1.807, 2.05) is 0 Å². The lowest BCUT2D eigenvalue weighted by Crippen LogP contribution is -2.31. The van der Waals surface area contributed by atoms with E-state index in [9.17, 15) is 18.0 Å². The van der Waals surface area contributed by atoms with Gasteiger partial charge in [-0.2, -0.15) is 13.2 Å². The van der Waals surface area contributed by atoms with Crippen molar-refractivity contribution >= 4 is 5.91 Å². The van der Waals surface area contributed by atoms with Crippen molar-refractivity contribution in [1.29, 1.82) is 0 Å². The Morgan fingerprint density at radius 3 is 2.76 bits per heavy atom. The van der Waals surface area contributed by atoms with Crippen LogP contribution in [0.15, 0.2) is 24.3 Å². The van der Waals surface area contributed by atoms with Crippen molar-refractivity contribution in [2.75, 3.05) is 13.1 Å². The van der Waals surface area contributed by atoms with Gasteiger partial charge in [0.15, 0.2) is 0 Å². The predicted molar refractivity (Wildman–Crippen MR) is 73.4 cm³/mol. The van der Waals surface area contributed by atoms with Crippen LogP contribution in [-0.2, 0) is 11.0 Å². The van der Waals surface area contributed by atoms with Gasteiger partial charge < -0.3 is 4.90 Å². The highest BCUT2D eigenvalue weighted by Crippen LogP contribution is 2.32. The summed E-state index contributed by atoms with van der Waals surface area (Å²) < 4.78 is 38.3. The fourth-order valence-electron chi connectivity index (χ4n) is 2.51. The van der Waals surface area contributed by atoms with Crippen LogP contribution in [0.4, 0.5) is 13.2 Å². The van der Waals surface area contributed by atoms with Gasteiger partial charge in [-0.05, 0) is 24.1 Å². The van der Waals surface area contributed by atoms with Gasteiger partial charge in [0.25, 0.3) is 0 Å². The van der Waals surface area contributed by atoms with Gasteiger partial charge in [-0.1, -0.05) is 31.9 Å². The molecule has 1 fully saturated rings. The highest BCUT2D eigenvalue weighted by atomic mass is 19.4. The second kappa shape index (κ2) is 6.47. The molecule has 1 saturated heterocycles. The van der Waals surface area contributed by atoms with Crippen molar-refractivity contribution in [2.24, 2.45) is 0 Å². The minimum Gasteiger partial charge on any atom is -0.322 e. The maximum Gasteiger partial charge on any atom is 0.416 e. The van der Waals surface area contributed by atoms with Crippen molar-refractivity contribution in [3.8, 4) is 0 Å². The maximum atomic E-state index is 12.8. The maximum absolute atomic E-state index is 12.8. The molecule has 1 aromatic carbocycles. The van der Waals surface area contributed by atoms with Crippen molar-refractivity contribution < 1.29 is 18.0 Å². The van der Waals surface area contributed by atoms with Gasteiger partial charge in [0, 0.05) is 6.54 Å². The average molecular weight is 300 g/mol. The fourth-order valence-corrected chi connectivity index (χ4v) is 2.51. The Morgan fingerprint density at radius 1 is 1.33 bits per heavy atom. The molecule has 0 aromatic heterocycles. The summed E-state index contributed by atoms with van der Waals surface area (Å²) in [5.74, 6) is -0.0616. The third-order valence-electron chi connectivity index (χ3n) is 3.61. The first kappa shape index (κ1) is 15.8. The Bertz CT molecular complexity index is 502. The van der Waals surface area contributed by atoms with E-state index in [0.29, 0.717) is 12.1 Å². The van der Waals surface area contributed by atoms with Gasteiger partial charge in [-0.3, -0.25) is 10.1 Å². The Balaban J connectivity index is 2.17. The first-order valence-corrected chi connectivity index (χ1v) is 7.13. The number of benzene rings is 1. The van der Waals surface area contributed by atoms with Crippen LogP contribution in [0.2, 0.25) is 0 Å². The largest absolute Gasteiger partial charge is 0.416 e. The van der Waals surface area contributed by atoms with E-state index >= 15 is 0 Å². The highest BCUT2D eigenvalue weighted by molar-refractivity contribution is 5.80. The van der Waals surface area contributed by atoms with Gasteiger partial charge in [0.05, 0.1) is 12.1 Å². The number of unbranched alkanes of at least 4 members (excludes halogenated alkanes) is 2. The van der Waals surface area contributed by atoms with Crippen LogP contribution < -0.4 is 5.32 Å². The van der Waals surface area contributed by atoms with E-state index in [1.165, 1.54) is 6.07 Å². The van der Waals surface area contributed by atoms with E-state index in [2.05, 4.69) is 12.2 Å². The highest BCUT2D eigenvalue weighted by Gasteiger charge is 2.34. The minimum absolute atomic E-state index is 0.0616. The smallest absolute Gasteiger partial charge is 0.322 e. The van der Waals surface area contributed by atoms with E-state index in [4.69, 9.17) is 0 Å². The Labute approximate surface area is 122 Å². The standard InChI is InChI=1S/C15H19F3N2O/c1-2-3-4-8-20-13(21)10-19-14(20)11-6-5-7-12(9-11)15(16,17)18/h5-7,9,14,19H,2-4,8,10H2,1H3. The molecule has 6 heteroatoms.